The van der Waals surface area contributed by atoms with Crippen molar-refractivity contribution in [2.45, 2.75) is 20.4 Å². The molecule has 0 aliphatic rings. The topological polar surface area (TPSA) is 64.3 Å². The van der Waals surface area contributed by atoms with Crippen molar-refractivity contribution in [3.05, 3.63) is 35.8 Å². The fraction of sp³-hybridized carbons (Fsp3) is 0.286. The monoisotopic (exact) mass is 260 g/mol. The number of carboxylic acids is 1. The summed E-state index contributed by atoms with van der Waals surface area (Å²) < 4.78 is 6.89. The highest BCUT2D eigenvalue weighted by molar-refractivity contribution is 5.70. The maximum absolute atomic E-state index is 10.7. The van der Waals surface area contributed by atoms with Crippen LogP contribution in [-0.4, -0.2) is 27.7 Å². The molecule has 0 saturated carbocycles. The van der Waals surface area contributed by atoms with Gasteiger partial charge in [-0.15, -0.1) is 0 Å². The number of carboxylic acid groups (broad SMARTS) is 1. The lowest BCUT2D eigenvalue weighted by atomic mass is 10.0. The van der Waals surface area contributed by atoms with E-state index in [0.29, 0.717) is 5.69 Å². The van der Waals surface area contributed by atoms with Crippen LogP contribution in [0.2, 0.25) is 0 Å². The molecule has 0 bridgehead atoms. The summed E-state index contributed by atoms with van der Waals surface area (Å²) in [6, 6.07) is 3.96. The Labute approximate surface area is 111 Å². The largest absolute Gasteiger partial charge is 0.496 e. The van der Waals surface area contributed by atoms with Gasteiger partial charge in [0.2, 0.25) is 0 Å². The van der Waals surface area contributed by atoms with Crippen molar-refractivity contribution in [2.24, 2.45) is 0 Å². The summed E-state index contributed by atoms with van der Waals surface area (Å²) in [7, 11) is 1.61. The van der Waals surface area contributed by atoms with Crippen molar-refractivity contribution < 1.29 is 14.6 Å². The highest BCUT2D eigenvalue weighted by atomic mass is 16.5. The Morgan fingerprint density at radius 2 is 2.05 bits per heavy atom. The molecule has 0 atom stereocenters. The normalized spacial score (nSPS) is 10.5. The standard InChI is InChI=1S/C14H16N2O3/c1-9-4-11(13(19-3)5-10(9)2)12-6-16(8-15-12)7-14(17)18/h4-6,8H,7H2,1-3H3,(H,17,18). The van der Waals surface area contributed by atoms with E-state index in [0.717, 1.165) is 22.4 Å². The van der Waals surface area contributed by atoms with Crippen molar-refractivity contribution in [3.63, 3.8) is 0 Å². The molecule has 1 aromatic carbocycles. The fourth-order valence-electron chi connectivity index (χ4n) is 1.90. The molecular weight excluding hydrogens is 244 g/mol. The summed E-state index contributed by atoms with van der Waals surface area (Å²) in [5, 5.41) is 8.75. The van der Waals surface area contributed by atoms with Gasteiger partial charge >= 0.3 is 5.97 Å². The molecule has 0 radical (unpaired) electrons. The lowest BCUT2D eigenvalue weighted by molar-refractivity contribution is -0.137. The number of aromatic nitrogens is 2. The highest BCUT2D eigenvalue weighted by Crippen LogP contribution is 2.31. The minimum Gasteiger partial charge on any atom is -0.496 e. The number of rotatable bonds is 4. The Bertz CT molecular complexity index is 617. The Balaban J connectivity index is 2.43. The first-order chi connectivity index (χ1) is 9.01. The molecule has 2 rings (SSSR count). The molecule has 1 heterocycles. The molecular formula is C14H16N2O3. The molecule has 5 heteroatoms. The molecule has 0 aliphatic carbocycles. The Morgan fingerprint density at radius 1 is 1.37 bits per heavy atom. The van der Waals surface area contributed by atoms with Crippen LogP contribution in [0.3, 0.4) is 0 Å². The average Bonchev–Trinajstić information content (AvgIpc) is 2.79. The summed E-state index contributed by atoms with van der Waals surface area (Å²) in [5.41, 5.74) is 3.87. The summed E-state index contributed by atoms with van der Waals surface area (Å²) in [6.45, 7) is 3.94. The number of imidazole rings is 1. The van der Waals surface area contributed by atoms with Crippen molar-refractivity contribution in [2.75, 3.05) is 7.11 Å². The molecule has 0 fully saturated rings. The maximum atomic E-state index is 10.7. The third-order valence-electron chi connectivity index (χ3n) is 3.04. The number of aryl methyl sites for hydroxylation is 2. The Kier molecular flexibility index (Phi) is 3.55. The maximum Gasteiger partial charge on any atom is 0.323 e. The van der Waals surface area contributed by atoms with Gasteiger partial charge < -0.3 is 14.4 Å². The molecule has 1 N–H and O–H groups in total. The van der Waals surface area contributed by atoms with Gasteiger partial charge in [0.05, 0.1) is 19.1 Å². The van der Waals surface area contributed by atoms with Gasteiger partial charge in [-0.25, -0.2) is 4.98 Å². The van der Waals surface area contributed by atoms with Gasteiger partial charge in [0.15, 0.2) is 0 Å². The molecule has 2 aromatic rings. The second-order valence-corrected chi connectivity index (χ2v) is 4.46. The number of nitrogens with zero attached hydrogens (tertiary/aromatic N) is 2. The minimum atomic E-state index is -0.893. The summed E-state index contributed by atoms with van der Waals surface area (Å²) >= 11 is 0. The van der Waals surface area contributed by atoms with Crippen molar-refractivity contribution in [1.29, 1.82) is 0 Å². The number of hydrogen-bond acceptors (Lipinski definition) is 3. The van der Waals surface area contributed by atoms with Crippen LogP contribution in [0, 0.1) is 13.8 Å². The molecule has 0 unspecified atom stereocenters. The van der Waals surface area contributed by atoms with Crippen molar-refractivity contribution in [1.82, 2.24) is 9.55 Å². The van der Waals surface area contributed by atoms with Crippen LogP contribution < -0.4 is 4.74 Å². The van der Waals surface area contributed by atoms with Gasteiger partial charge in [0.25, 0.3) is 0 Å². The Hall–Kier alpha value is -2.30. The SMILES string of the molecule is COc1cc(C)c(C)cc1-c1cn(CC(=O)O)cn1. The number of benzene rings is 1. The zero-order valence-electron chi connectivity index (χ0n) is 11.2. The van der Waals surface area contributed by atoms with Crippen LogP contribution in [-0.2, 0) is 11.3 Å². The number of ether oxygens (including phenoxy) is 1. The molecule has 0 saturated heterocycles. The first-order valence-electron chi connectivity index (χ1n) is 5.90. The molecule has 19 heavy (non-hydrogen) atoms. The first-order valence-corrected chi connectivity index (χ1v) is 5.90. The molecule has 1 aromatic heterocycles. The van der Waals surface area contributed by atoms with Crippen molar-refractivity contribution >= 4 is 5.97 Å². The lowest BCUT2D eigenvalue weighted by Gasteiger charge is -2.09. The summed E-state index contributed by atoms with van der Waals surface area (Å²) in [4.78, 5) is 14.9. The Morgan fingerprint density at radius 3 is 2.68 bits per heavy atom. The van der Waals surface area contributed by atoms with Crippen LogP contribution in [0.4, 0.5) is 0 Å². The van der Waals surface area contributed by atoms with Gasteiger partial charge in [0.1, 0.15) is 12.3 Å². The quantitative estimate of drug-likeness (QED) is 0.915. The summed E-state index contributed by atoms with van der Waals surface area (Å²) in [5.74, 6) is -0.153. The molecule has 0 amide bonds. The molecule has 0 spiro atoms. The van der Waals surface area contributed by atoms with Crippen LogP contribution in [0.25, 0.3) is 11.3 Å². The second-order valence-electron chi connectivity index (χ2n) is 4.46. The minimum absolute atomic E-state index is 0.0971. The zero-order valence-corrected chi connectivity index (χ0v) is 11.2. The smallest absolute Gasteiger partial charge is 0.323 e. The second kappa shape index (κ2) is 5.14. The van der Waals surface area contributed by atoms with E-state index in [1.165, 1.54) is 10.9 Å². The van der Waals surface area contributed by atoms with E-state index < -0.39 is 5.97 Å². The van der Waals surface area contributed by atoms with Crippen LogP contribution >= 0.6 is 0 Å². The van der Waals surface area contributed by atoms with E-state index in [4.69, 9.17) is 9.84 Å². The lowest BCUT2D eigenvalue weighted by Crippen LogP contribution is -2.06. The molecule has 0 aliphatic heterocycles. The van der Waals surface area contributed by atoms with Gasteiger partial charge in [-0.1, -0.05) is 0 Å². The van der Waals surface area contributed by atoms with E-state index in [-0.39, 0.29) is 6.54 Å². The van der Waals surface area contributed by atoms with Crippen LogP contribution in [0.15, 0.2) is 24.7 Å². The predicted octanol–water partition coefficient (Wildman–Crippen LogP) is 2.26. The number of aliphatic carboxylic acids is 1. The average molecular weight is 260 g/mol. The predicted molar refractivity (Wildman–Crippen MR) is 71.3 cm³/mol. The van der Waals surface area contributed by atoms with Crippen molar-refractivity contribution in [3.8, 4) is 17.0 Å². The van der Waals surface area contributed by atoms with E-state index in [1.54, 1.807) is 13.3 Å². The van der Waals surface area contributed by atoms with Gasteiger partial charge in [0, 0.05) is 11.8 Å². The van der Waals surface area contributed by atoms with Gasteiger partial charge in [-0.05, 0) is 37.1 Å². The van der Waals surface area contributed by atoms with Crippen LogP contribution in [0.5, 0.6) is 5.75 Å². The third kappa shape index (κ3) is 2.76. The first kappa shape index (κ1) is 13.1. The van der Waals surface area contributed by atoms with Gasteiger partial charge in [-0.3, -0.25) is 4.79 Å². The highest BCUT2D eigenvalue weighted by Gasteiger charge is 2.11. The zero-order chi connectivity index (χ0) is 14.0. The molecule has 5 nitrogen and oxygen atoms in total. The van der Waals surface area contributed by atoms with Gasteiger partial charge in [-0.2, -0.15) is 0 Å². The van der Waals surface area contributed by atoms with Crippen LogP contribution in [0.1, 0.15) is 11.1 Å². The third-order valence-corrected chi connectivity index (χ3v) is 3.04. The number of hydrogen-bond donors (Lipinski definition) is 1. The van der Waals surface area contributed by atoms with E-state index in [9.17, 15) is 4.79 Å². The fourth-order valence-corrected chi connectivity index (χ4v) is 1.90. The number of methoxy groups -OCH3 is 1. The van der Waals surface area contributed by atoms with E-state index in [2.05, 4.69) is 4.98 Å². The number of carbonyl (C=O) groups is 1. The van der Waals surface area contributed by atoms with E-state index >= 15 is 0 Å². The van der Waals surface area contributed by atoms with E-state index in [1.807, 2.05) is 26.0 Å². The molecule has 100 valence electrons. The summed E-state index contributed by atoms with van der Waals surface area (Å²) in [6.07, 6.45) is 3.22.